The Morgan fingerprint density at radius 3 is 2.59 bits per heavy atom. The maximum Gasteiger partial charge on any atom is 0.348 e. The molecule has 1 aromatic carbocycles. The third kappa shape index (κ3) is 4.12. The molecular formula is C14H15NO2. The van der Waals surface area contributed by atoms with E-state index in [0.717, 1.165) is 17.5 Å². The van der Waals surface area contributed by atoms with Crippen molar-refractivity contribution >= 4 is 12.0 Å². The summed E-state index contributed by atoms with van der Waals surface area (Å²) < 4.78 is 4.91. The van der Waals surface area contributed by atoms with Crippen molar-refractivity contribution in [3.8, 4) is 6.07 Å². The van der Waals surface area contributed by atoms with Crippen LogP contribution in [0.4, 0.5) is 0 Å². The van der Waals surface area contributed by atoms with Crippen molar-refractivity contribution in [3.63, 3.8) is 0 Å². The van der Waals surface area contributed by atoms with Gasteiger partial charge in [0.25, 0.3) is 0 Å². The van der Waals surface area contributed by atoms with Gasteiger partial charge in [0.2, 0.25) is 0 Å². The summed E-state index contributed by atoms with van der Waals surface area (Å²) in [4.78, 5) is 11.5. The summed E-state index contributed by atoms with van der Waals surface area (Å²) in [6.45, 7) is 4.23. The molecule has 0 spiro atoms. The highest BCUT2D eigenvalue weighted by Crippen LogP contribution is 2.09. The van der Waals surface area contributed by atoms with E-state index in [1.807, 2.05) is 44.2 Å². The lowest BCUT2D eigenvalue weighted by Crippen LogP contribution is -2.07. The number of nitrogens with zero attached hydrogens (tertiary/aromatic N) is 1. The summed E-state index contributed by atoms with van der Waals surface area (Å²) in [5, 5.41) is 8.89. The van der Waals surface area contributed by atoms with Crippen LogP contribution >= 0.6 is 0 Å². The zero-order valence-corrected chi connectivity index (χ0v) is 10.1. The minimum atomic E-state index is -0.560. The molecule has 0 radical (unpaired) electrons. The van der Waals surface area contributed by atoms with E-state index in [4.69, 9.17) is 10.00 Å². The van der Waals surface area contributed by atoms with Crippen molar-refractivity contribution in [3.05, 3.63) is 41.0 Å². The fourth-order valence-electron chi connectivity index (χ4n) is 1.24. The average molecular weight is 229 g/mol. The molecule has 0 unspecified atom stereocenters. The normalized spacial score (nSPS) is 10.8. The Morgan fingerprint density at radius 2 is 2.06 bits per heavy atom. The molecule has 17 heavy (non-hydrogen) atoms. The van der Waals surface area contributed by atoms with E-state index < -0.39 is 5.97 Å². The van der Waals surface area contributed by atoms with Gasteiger partial charge in [-0.1, -0.05) is 36.8 Å². The van der Waals surface area contributed by atoms with Crippen LogP contribution in [0.1, 0.15) is 24.5 Å². The van der Waals surface area contributed by atoms with Crippen molar-refractivity contribution in [1.82, 2.24) is 0 Å². The first-order valence-corrected chi connectivity index (χ1v) is 5.53. The Labute approximate surface area is 101 Å². The van der Waals surface area contributed by atoms with E-state index in [2.05, 4.69) is 0 Å². The third-order valence-electron chi connectivity index (χ3n) is 2.17. The van der Waals surface area contributed by atoms with Crippen LogP contribution in [0.25, 0.3) is 6.08 Å². The van der Waals surface area contributed by atoms with Gasteiger partial charge in [0, 0.05) is 0 Å². The van der Waals surface area contributed by atoms with Crippen LogP contribution in [-0.4, -0.2) is 12.6 Å². The molecule has 0 bridgehead atoms. The molecular weight excluding hydrogens is 214 g/mol. The van der Waals surface area contributed by atoms with Crippen LogP contribution in [0.3, 0.4) is 0 Å². The van der Waals surface area contributed by atoms with Gasteiger partial charge in [0.15, 0.2) is 0 Å². The highest BCUT2D eigenvalue weighted by Gasteiger charge is 2.09. The third-order valence-corrected chi connectivity index (χ3v) is 2.17. The van der Waals surface area contributed by atoms with Gasteiger partial charge >= 0.3 is 5.97 Å². The largest absolute Gasteiger partial charge is 0.462 e. The molecule has 0 heterocycles. The van der Waals surface area contributed by atoms with Gasteiger partial charge in [0.05, 0.1) is 6.61 Å². The van der Waals surface area contributed by atoms with E-state index in [1.54, 1.807) is 0 Å². The molecule has 0 fully saturated rings. The number of esters is 1. The predicted molar refractivity (Wildman–Crippen MR) is 66.0 cm³/mol. The molecule has 0 aliphatic rings. The monoisotopic (exact) mass is 229 g/mol. The number of aryl methyl sites for hydroxylation is 1. The summed E-state index contributed by atoms with van der Waals surface area (Å²) in [5.41, 5.74) is 1.98. The second kappa shape index (κ2) is 6.49. The lowest BCUT2D eigenvalue weighted by molar-refractivity contribution is -0.138. The van der Waals surface area contributed by atoms with Crippen molar-refractivity contribution < 1.29 is 9.53 Å². The van der Waals surface area contributed by atoms with E-state index in [0.29, 0.717) is 6.61 Å². The standard InChI is InChI=1S/C14H15NO2/c1-3-8-17-14(16)13(10-15)9-12-6-4-11(2)5-7-12/h4-7,9H,3,8H2,1-2H3. The molecule has 3 heteroatoms. The Bertz CT molecular complexity index is 452. The lowest BCUT2D eigenvalue weighted by atomic mass is 10.1. The molecule has 0 aliphatic heterocycles. The summed E-state index contributed by atoms with van der Waals surface area (Å²) in [7, 11) is 0. The number of hydrogen-bond donors (Lipinski definition) is 0. The van der Waals surface area contributed by atoms with Crippen LogP contribution in [0, 0.1) is 18.3 Å². The van der Waals surface area contributed by atoms with Crippen molar-refractivity contribution in [2.24, 2.45) is 0 Å². The maximum atomic E-state index is 11.5. The molecule has 0 aliphatic carbocycles. The van der Waals surface area contributed by atoms with Gasteiger partial charge < -0.3 is 4.74 Å². The first-order chi connectivity index (χ1) is 8.17. The van der Waals surface area contributed by atoms with Crippen molar-refractivity contribution in [2.45, 2.75) is 20.3 Å². The molecule has 0 atom stereocenters. The van der Waals surface area contributed by atoms with Gasteiger partial charge in [-0.15, -0.1) is 0 Å². The van der Waals surface area contributed by atoms with E-state index in [1.165, 1.54) is 6.08 Å². The molecule has 0 saturated heterocycles. The number of rotatable bonds is 4. The first kappa shape index (κ1) is 13.0. The average Bonchev–Trinajstić information content (AvgIpc) is 2.35. The summed E-state index contributed by atoms with van der Waals surface area (Å²) in [6, 6.07) is 9.44. The highest BCUT2D eigenvalue weighted by atomic mass is 16.5. The van der Waals surface area contributed by atoms with Crippen LogP contribution in [0.5, 0.6) is 0 Å². The summed E-state index contributed by atoms with van der Waals surface area (Å²) in [5.74, 6) is -0.560. The molecule has 0 saturated carbocycles. The molecule has 0 N–H and O–H groups in total. The number of benzene rings is 1. The van der Waals surface area contributed by atoms with Gasteiger partial charge in [-0.05, 0) is 25.0 Å². The molecule has 3 nitrogen and oxygen atoms in total. The fourth-order valence-corrected chi connectivity index (χ4v) is 1.24. The van der Waals surface area contributed by atoms with Gasteiger partial charge in [-0.3, -0.25) is 0 Å². The smallest absolute Gasteiger partial charge is 0.348 e. The van der Waals surface area contributed by atoms with Crippen LogP contribution in [0.2, 0.25) is 0 Å². The van der Waals surface area contributed by atoms with E-state index in [-0.39, 0.29) is 5.57 Å². The second-order valence-corrected chi connectivity index (χ2v) is 3.72. The van der Waals surface area contributed by atoms with Crippen LogP contribution in [0.15, 0.2) is 29.8 Å². The minimum absolute atomic E-state index is 0.0299. The predicted octanol–water partition coefficient (Wildman–Crippen LogP) is 2.86. The summed E-state index contributed by atoms with van der Waals surface area (Å²) in [6.07, 6.45) is 2.28. The van der Waals surface area contributed by atoms with Crippen molar-refractivity contribution in [2.75, 3.05) is 6.61 Å². The summed E-state index contributed by atoms with van der Waals surface area (Å²) >= 11 is 0. The Hall–Kier alpha value is -2.08. The minimum Gasteiger partial charge on any atom is -0.462 e. The fraction of sp³-hybridized carbons (Fsp3) is 0.286. The second-order valence-electron chi connectivity index (χ2n) is 3.72. The quantitative estimate of drug-likeness (QED) is 0.453. The Morgan fingerprint density at radius 1 is 1.41 bits per heavy atom. The molecule has 0 aromatic heterocycles. The van der Waals surface area contributed by atoms with E-state index >= 15 is 0 Å². The number of hydrogen-bond acceptors (Lipinski definition) is 3. The number of carbonyl (C=O) groups is 1. The Kier molecular flexibility index (Phi) is 4.96. The molecule has 1 aromatic rings. The molecule has 1 rings (SSSR count). The molecule has 88 valence electrons. The number of carbonyl (C=O) groups excluding carboxylic acids is 1. The van der Waals surface area contributed by atoms with Crippen LogP contribution < -0.4 is 0 Å². The topological polar surface area (TPSA) is 50.1 Å². The van der Waals surface area contributed by atoms with Gasteiger partial charge in [0.1, 0.15) is 11.6 Å². The lowest BCUT2D eigenvalue weighted by Gasteiger charge is -2.01. The zero-order chi connectivity index (χ0) is 12.7. The van der Waals surface area contributed by atoms with Gasteiger partial charge in [-0.25, -0.2) is 4.79 Å². The van der Waals surface area contributed by atoms with Crippen LogP contribution in [-0.2, 0) is 9.53 Å². The van der Waals surface area contributed by atoms with Gasteiger partial charge in [-0.2, -0.15) is 5.26 Å². The highest BCUT2D eigenvalue weighted by molar-refractivity contribution is 5.97. The van der Waals surface area contributed by atoms with E-state index in [9.17, 15) is 4.79 Å². The SMILES string of the molecule is CCCOC(=O)C(C#N)=Cc1ccc(C)cc1. The van der Waals surface area contributed by atoms with Crippen molar-refractivity contribution in [1.29, 1.82) is 5.26 Å². The number of ether oxygens (including phenoxy) is 1. The first-order valence-electron chi connectivity index (χ1n) is 5.53. The Balaban J connectivity index is 2.83. The molecule has 0 amide bonds. The zero-order valence-electron chi connectivity index (χ0n) is 10.1. The number of nitriles is 1. The maximum absolute atomic E-state index is 11.5.